The lowest BCUT2D eigenvalue weighted by atomic mass is 9.81. The summed E-state index contributed by atoms with van der Waals surface area (Å²) in [6.45, 7) is 0. The molecule has 0 aliphatic heterocycles. The summed E-state index contributed by atoms with van der Waals surface area (Å²) >= 11 is 0. The molecule has 7 heteroatoms. The Morgan fingerprint density at radius 2 is 1.86 bits per heavy atom. The topological polar surface area (TPSA) is 60.2 Å². The van der Waals surface area contributed by atoms with Gasteiger partial charge in [0.05, 0.1) is 5.25 Å². The minimum atomic E-state index is -3.18. The number of sulfone groups is 1. The molecule has 0 aromatic heterocycles. The van der Waals surface area contributed by atoms with Crippen LogP contribution in [0.3, 0.4) is 0 Å². The van der Waals surface area contributed by atoms with Gasteiger partial charge in [-0.05, 0) is 31.2 Å². The lowest BCUT2D eigenvalue weighted by Crippen LogP contribution is -2.33. The van der Waals surface area contributed by atoms with Crippen LogP contribution in [0.1, 0.15) is 37.3 Å². The summed E-state index contributed by atoms with van der Waals surface area (Å²) in [5, 5.41) is -0.504. The second kappa shape index (κ2) is 5.96. The first-order valence-corrected chi connectivity index (χ1v) is 8.75. The first-order chi connectivity index (χ1) is 9.71. The van der Waals surface area contributed by atoms with Crippen LogP contribution in [0.15, 0.2) is 12.1 Å². The highest BCUT2D eigenvalue weighted by atomic mass is 32.2. The summed E-state index contributed by atoms with van der Waals surface area (Å²) in [5.74, 6) is -4.36. The molecule has 1 aromatic rings. The number of hydrogen-bond acceptors (Lipinski definition) is 3. The smallest absolute Gasteiger partial charge is 0.194 e. The third-order valence-electron chi connectivity index (χ3n) is 4.20. The van der Waals surface area contributed by atoms with Crippen LogP contribution in [-0.4, -0.2) is 19.9 Å². The zero-order valence-corrected chi connectivity index (χ0v) is 12.5. The molecule has 0 saturated heterocycles. The summed E-state index contributed by atoms with van der Waals surface area (Å²) in [4.78, 5) is 0. The fraction of sp³-hybridized carbons (Fsp3) is 0.571. The highest BCUT2D eigenvalue weighted by Crippen LogP contribution is 2.36. The van der Waals surface area contributed by atoms with E-state index in [0.717, 1.165) is 12.1 Å². The second-order valence-electron chi connectivity index (χ2n) is 5.67. The third kappa shape index (κ3) is 3.40. The van der Waals surface area contributed by atoms with Gasteiger partial charge in [-0.1, -0.05) is 12.5 Å². The van der Waals surface area contributed by atoms with E-state index in [1.165, 1.54) is 6.26 Å². The fourth-order valence-electron chi connectivity index (χ4n) is 2.95. The maximum atomic E-state index is 13.8. The summed E-state index contributed by atoms with van der Waals surface area (Å²) in [6, 6.07) is 1.12. The molecule has 1 aromatic carbocycles. The Morgan fingerprint density at radius 1 is 1.19 bits per heavy atom. The van der Waals surface area contributed by atoms with Crippen LogP contribution in [0.5, 0.6) is 0 Å². The SMILES string of the molecule is CS(=O)(=O)C1CCCC(C(N)c2ccc(F)c(F)c2F)C1. The van der Waals surface area contributed by atoms with Crippen LogP contribution in [-0.2, 0) is 9.84 Å². The number of rotatable bonds is 3. The molecule has 2 rings (SSSR count). The molecule has 3 unspecified atom stereocenters. The molecule has 1 fully saturated rings. The molecular weight excluding hydrogens is 303 g/mol. The molecule has 0 spiro atoms. The van der Waals surface area contributed by atoms with E-state index >= 15 is 0 Å². The molecule has 1 saturated carbocycles. The molecule has 0 radical (unpaired) electrons. The summed E-state index contributed by atoms with van der Waals surface area (Å²) in [5.41, 5.74) is 5.87. The molecular formula is C14H18F3NO2S. The van der Waals surface area contributed by atoms with E-state index in [-0.39, 0.29) is 11.5 Å². The van der Waals surface area contributed by atoms with Crippen molar-refractivity contribution in [3.8, 4) is 0 Å². The van der Waals surface area contributed by atoms with Gasteiger partial charge in [-0.2, -0.15) is 0 Å². The number of nitrogens with two attached hydrogens (primary N) is 1. The van der Waals surface area contributed by atoms with Gasteiger partial charge < -0.3 is 5.73 Å². The number of benzene rings is 1. The van der Waals surface area contributed by atoms with E-state index in [0.29, 0.717) is 25.7 Å². The van der Waals surface area contributed by atoms with Gasteiger partial charge >= 0.3 is 0 Å². The summed E-state index contributed by atoms with van der Waals surface area (Å²) in [7, 11) is -3.18. The molecule has 1 aliphatic rings. The third-order valence-corrected chi connectivity index (χ3v) is 5.84. The number of hydrogen-bond donors (Lipinski definition) is 1. The Labute approximate surface area is 122 Å². The van der Waals surface area contributed by atoms with Crippen molar-refractivity contribution in [3.63, 3.8) is 0 Å². The lowest BCUT2D eigenvalue weighted by Gasteiger charge is -2.32. The van der Waals surface area contributed by atoms with E-state index in [1.54, 1.807) is 0 Å². The lowest BCUT2D eigenvalue weighted by molar-refractivity contribution is 0.301. The van der Waals surface area contributed by atoms with Crippen molar-refractivity contribution in [2.45, 2.75) is 37.0 Å². The van der Waals surface area contributed by atoms with Crippen molar-refractivity contribution in [2.24, 2.45) is 11.7 Å². The van der Waals surface area contributed by atoms with Crippen LogP contribution in [0, 0.1) is 23.4 Å². The summed E-state index contributed by atoms with van der Waals surface area (Å²) < 4.78 is 63.3. The maximum Gasteiger partial charge on any atom is 0.194 e. The van der Waals surface area contributed by atoms with Gasteiger partial charge in [-0.25, -0.2) is 21.6 Å². The first kappa shape index (κ1) is 16.3. The van der Waals surface area contributed by atoms with Crippen molar-refractivity contribution in [3.05, 3.63) is 35.1 Å². The van der Waals surface area contributed by atoms with Gasteiger partial charge in [0.25, 0.3) is 0 Å². The minimum Gasteiger partial charge on any atom is -0.324 e. The van der Waals surface area contributed by atoms with Crippen molar-refractivity contribution >= 4 is 9.84 Å². The molecule has 118 valence electrons. The fourth-order valence-corrected chi connectivity index (χ4v) is 4.14. The molecule has 2 N–H and O–H groups in total. The summed E-state index contributed by atoms with van der Waals surface area (Å²) in [6.07, 6.45) is 3.36. The van der Waals surface area contributed by atoms with Crippen molar-refractivity contribution in [1.29, 1.82) is 0 Å². The average Bonchev–Trinajstić information content (AvgIpc) is 2.43. The second-order valence-corrected chi connectivity index (χ2v) is 7.99. The molecule has 0 heterocycles. The maximum absolute atomic E-state index is 13.8. The van der Waals surface area contributed by atoms with Gasteiger partial charge in [0.1, 0.15) is 9.84 Å². The zero-order valence-electron chi connectivity index (χ0n) is 11.7. The Morgan fingerprint density at radius 3 is 2.48 bits per heavy atom. The zero-order chi connectivity index (χ0) is 15.8. The first-order valence-electron chi connectivity index (χ1n) is 6.79. The largest absolute Gasteiger partial charge is 0.324 e. The van der Waals surface area contributed by atoms with Gasteiger partial charge in [-0.3, -0.25) is 0 Å². The Balaban J connectivity index is 2.24. The van der Waals surface area contributed by atoms with E-state index in [9.17, 15) is 21.6 Å². The van der Waals surface area contributed by atoms with E-state index < -0.39 is 38.6 Å². The highest BCUT2D eigenvalue weighted by Gasteiger charge is 2.33. The van der Waals surface area contributed by atoms with Gasteiger partial charge in [0.15, 0.2) is 17.5 Å². The van der Waals surface area contributed by atoms with Crippen LogP contribution < -0.4 is 5.73 Å². The quantitative estimate of drug-likeness (QED) is 0.871. The molecule has 3 atom stereocenters. The monoisotopic (exact) mass is 321 g/mol. The van der Waals surface area contributed by atoms with Crippen LogP contribution >= 0.6 is 0 Å². The molecule has 0 bridgehead atoms. The normalized spacial score (nSPS) is 24.8. The van der Waals surface area contributed by atoms with Crippen LogP contribution in [0.4, 0.5) is 13.2 Å². The molecule has 21 heavy (non-hydrogen) atoms. The standard InChI is InChI=1S/C14H18F3NO2S/c1-21(19,20)9-4-2-3-8(7-9)14(18)10-5-6-11(15)13(17)12(10)16/h5-6,8-9,14H,2-4,7,18H2,1H3. The Bertz CT molecular complexity index is 633. The predicted molar refractivity (Wildman–Crippen MR) is 73.8 cm³/mol. The van der Waals surface area contributed by atoms with Crippen LogP contribution in [0.25, 0.3) is 0 Å². The van der Waals surface area contributed by atoms with Gasteiger partial charge in [0.2, 0.25) is 0 Å². The Hall–Kier alpha value is -1.08. The predicted octanol–water partition coefficient (Wildman–Crippen LogP) is 2.71. The van der Waals surface area contributed by atoms with Crippen molar-refractivity contribution in [1.82, 2.24) is 0 Å². The van der Waals surface area contributed by atoms with Gasteiger partial charge in [0, 0.05) is 17.9 Å². The molecule has 0 amide bonds. The van der Waals surface area contributed by atoms with E-state index in [2.05, 4.69) is 0 Å². The number of halogens is 3. The van der Waals surface area contributed by atoms with Crippen molar-refractivity contribution < 1.29 is 21.6 Å². The highest BCUT2D eigenvalue weighted by molar-refractivity contribution is 7.91. The van der Waals surface area contributed by atoms with E-state index in [4.69, 9.17) is 5.73 Å². The molecule has 1 aliphatic carbocycles. The van der Waals surface area contributed by atoms with Crippen LogP contribution in [0.2, 0.25) is 0 Å². The average molecular weight is 321 g/mol. The van der Waals surface area contributed by atoms with Crippen molar-refractivity contribution in [2.75, 3.05) is 6.26 Å². The Kier molecular flexibility index (Phi) is 4.63. The van der Waals surface area contributed by atoms with E-state index in [1.807, 2.05) is 0 Å². The molecule has 3 nitrogen and oxygen atoms in total. The van der Waals surface area contributed by atoms with Gasteiger partial charge in [-0.15, -0.1) is 0 Å². The minimum absolute atomic E-state index is 0.104.